The third-order valence-corrected chi connectivity index (χ3v) is 4.62. The van der Waals surface area contributed by atoms with Gasteiger partial charge in [-0.25, -0.2) is 9.59 Å². The van der Waals surface area contributed by atoms with E-state index in [1.54, 1.807) is 49.4 Å². The van der Waals surface area contributed by atoms with E-state index < -0.39 is 11.9 Å². The van der Waals surface area contributed by atoms with Crippen molar-refractivity contribution < 1.29 is 32.6 Å². The molecule has 0 amide bonds. The third-order valence-electron chi connectivity index (χ3n) is 4.62. The minimum Gasteiger partial charge on any atom is -0.482 e. The molecule has 158 valence electrons. The number of hydrogen-bond donors (Lipinski definition) is 0. The Morgan fingerprint density at radius 1 is 1.03 bits per heavy atom. The van der Waals surface area contributed by atoms with Gasteiger partial charge >= 0.3 is 11.9 Å². The number of fused-ring (bicyclic) bond motifs is 2. The van der Waals surface area contributed by atoms with Gasteiger partial charge < -0.3 is 23.0 Å². The first-order valence-electron chi connectivity index (χ1n) is 9.46. The van der Waals surface area contributed by atoms with Gasteiger partial charge in [-0.3, -0.25) is 4.79 Å². The second kappa shape index (κ2) is 8.35. The Labute approximate surface area is 175 Å². The zero-order valence-electron chi connectivity index (χ0n) is 16.8. The first-order chi connectivity index (χ1) is 15.0. The normalized spacial score (nSPS) is 10.9. The van der Waals surface area contributed by atoms with Crippen LogP contribution >= 0.6 is 0 Å². The van der Waals surface area contributed by atoms with Gasteiger partial charge in [-0.1, -0.05) is 6.07 Å². The molecule has 4 aromatic rings. The molecule has 0 aliphatic carbocycles. The zero-order chi connectivity index (χ0) is 22.0. The molecule has 2 heterocycles. The molecule has 8 heteroatoms. The predicted octanol–water partition coefficient (Wildman–Crippen LogP) is 3.93. The standard InChI is InChI=1S/C23H18O8/c1-3-28-21(24)12-29-15-5-6-16-19(10-15)30-11-17(22(16)25)13-4-7-18-14(8-13)9-20(31-18)23(26)27-2/h4-11H,3,12H2,1-2H3. The molecule has 0 aliphatic heterocycles. The summed E-state index contributed by atoms with van der Waals surface area (Å²) in [6.45, 7) is 1.74. The van der Waals surface area contributed by atoms with E-state index in [0.29, 0.717) is 38.8 Å². The van der Waals surface area contributed by atoms with Gasteiger partial charge in [0.15, 0.2) is 12.0 Å². The van der Waals surface area contributed by atoms with Gasteiger partial charge in [-0.2, -0.15) is 0 Å². The molecule has 4 rings (SSSR count). The van der Waals surface area contributed by atoms with E-state index >= 15 is 0 Å². The quantitative estimate of drug-likeness (QED) is 0.430. The molecular formula is C23H18O8. The van der Waals surface area contributed by atoms with Crippen LogP contribution in [0.1, 0.15) is 17.5 Å². The van der Waals surface area contributed by atoms with E-state index in [9.17, 15) is 14.4 Å². The largest absolute Gasteiger partial charge is 0.482 e. The molecule has 0 unspecified atom stereocenters. The Kier molecular flexibility index (Phi) is 5.44. The summed E-state index contributed by atoms with van der Waals surface area (Å²) in [7, 11) is 1.27. The van der Waals surface area contributed by atoms with Crippen LogP contribution in [0.2, 0.25) is 0 Å². The number of methoxy groups -OCH3 is 1. The van der Waals surface area contributed by atoms with Gasteiger partial charge in [0.25, 0.3) is 0 Å². The molecular weight excluding hydrogens is 404 g/mol. The lowest BCUT2D eigenvalue weighted by atomic mass is 10.0. The smallest absolute Gasteiger partial charge is 0.373 e. The van der Waals surface area contributed by atoms with Crippen molar-refractivity contribution >= 4 is 33.9 Å². The van der Waals surface area contributed by atoms with Crippen LogP contribution in [-0.4, -0.2) is 32.3 Å². The molecule has 31 heavy (non-hydrogen) atoms. The predicted molar refractivity (Wildman–Crippen MR) is 111 cm³/mol. The van der Waals surface area contributed by atoms with E-state index in [0.717, 1.165) is 0 Å². The fraction of sp³-hybridized carbons (Fsp3) is 0.174. The summed E-state index contributed by atoms with van der Waals surface area (Å²) in [5, 5.41) is 1.02. The second-order valence-electron chi connectivity index (χ2n) is 6.59. The number of esters is 2. The summed E-state index contributed by atoms with van der Waals surface area (Å²) in [5.41, 5.74) is 1.57. The number of ether oxygens (including phenoxy) is 3. The van der Waals surface area contributed by atoms with E-state index in [1.807, 2.05) is 0 Å². The van der Waals surface area contributed by atoms with E-state index in [1.165, 1.54) is 13.4 Å². The highest BCUT2D eigenvalue weighted by Gasteiger charge is 2.15. The number of carbonyl (C=O) groups excluding carboxylic acids is 2. The van der Waals surface area contributed by atoms with Crippen molar-refractivity contribution in [3.8, 4) is 16.9 Å². The van der Waals surface area contributed by atoms with Crippen LogP contribution in [0.25, 0.3) is 33.1 Å². The maximum Gasteiger partial charge on any atom is 0.373 e. The maximum atomic E-state index is 13.0. The average molecular weight is 422 g/mol. The average Bonchev–Trinajstić information content (AvgIpc) is 3.21. The molecule has 0 N–H and O–H groups in total. The van der Waals surface area contributed by atoms with Crippen molar-refractivity contribution in [2.45, 2.75) is 6.92 Å². The van der Waals surface area contributed by atoms with Crippen molar-refractivity contribution in [3.63, 3.8) is 0 Å². The first kappa shape index (κ1) is 20.2. The van der Waals surface area contributed by atoms with Crippen molar-refractivity contribution in [2.24, 2.45) is 0 Å². The Morgan fingerprint density at radius 3 is 2.65 bits per heavy atom. The highest BCUT2D eigenvalue weighted by atomic mass is 16.6. The minimum absolute atomic E-state index is 0.0792. The van der Waals surface area contributed by atoms with Crippen LogP contribution in [-0.2, 0) is 14.3 Å². The summed E-state index contributed by atoms with van der Waals surface area (Å²) in [6.07, 6.45) is 1.36. The van der Waals surface area contributed by atoms with Crippen LogP contribution in [0.15, 0.2) is 62.4 Å². The molecule has 2 aromatic carbocycles. The van der Waals surface area contributed by atoms with Gasteiger partial charge in [-0.05, 0) is 42.8 Å². The van der Waals surface area contributed by atoms with Crippen LogP contribution in [0, 0.1) is 0 Å². The SMILES string of the molecule is CCOC(=O)COc1ccc2c(=O)c(-c3ccc4oc(C(=O)OC)cc4c3)coc2c1. The van der Waals surface area contributed by atoms with Gasteiger partial charge in [0.2, 0.25) is 5.76 Å². The molecule has 8 nitrogen and oxygen atoms in total. The van der Waals surface area contributed by atoms with Crippen molar-refractivity contribution in [2.75, 3.05) is 20.3 Å². The second-order valence-corrected chi connectivity index (χ2v) is 6.59. The number of benzene rings is 2. The zero-order valence-corrected chi connectivity index (χ0v) is 16.8. The topological polar surface area (TPSA) is 105 Å². The van der Waals surface area contributed by atoms with Crippen LogP contribution in [0.5, 0.6) is 5.75 Å². The van der Waals surface area contributed by atoms with Gasteiger partial charge in [0.05, 0.1) is 24.7 Å². The lowest BCUT2D eigenvalue weighted by molar-refractivity contribution is -0.145. The summed E-state index contributed by atoms with van der Waals surface area (Å²) in [4.78, 5) is 36.1. The minimum atomic E-state index is -0.580. The Morgan fingerprint density at radius 2 is 1.87 bits per heavy atom. The summed E-state index contributed by atoms with van der Waals surface area (Å²) >= 11 is 0. The Bertz CT molecular complexity index is 1340. The fourth-order valence-electron chi connectivity index (χ4n) is 3.15. The summed E-state index contributed by atoms with van der Waals surface area (Å²) in [5.74, 6) is -0.601. The number of rotatable bonds is 6. The molecule has 0 spiro atoms. The van der Waals surface area contributed by atoms with Crippen molar-refractivity contribution in [3.05, 3.63) is 64.7 Å². The highest BCUT2D eigenvalue weighted by Crippen LogP contribution is 2.27. The summed E-state index contributed by atoms with van der Waals surface area (Å²) in [6, 6.07) is 11.4. The molecule has 0 saturated carbocycles. The van der Waals surface area contributed by atoms with Crippen molar-refractivity contribution in [1.82, 2.24) is 0 Å². The van der Waals surface area contributed by atoms with E-state index in [-0.39, 0.29) is 24.4 Å². The molecule has 0 aliphatic rings. The molecule has 0 atom stereocenters. The highest BCUT2D eigenvalue weighted by molar-refractivity contribution is 5.94. The Balaban J connectivity index is 1.66. The maximum absolute atomic E-state index is 13.0. The van der Waals surface area contributed by atoms with Gasteiger partial charge in [-0.15, -0.1) is 0 Å². The first-order valence-corrected chi connectivity index (χ1v) is 9.46. The third kappa shape index (κ3) is 4.00. The number of furan rings is 1. The monoisotopic (exact) mass is 422 g/mol. The van der Waals surface area contributed by atoms with E-state index in [2.05, 4.69) is 4.74 Å². The molecule has 2 aromatic heterocycles. The number of carbonyl (C=O) groups is 2. The molecule has 0 bridgehead atoms. The van der Waals surface area contributed by atoms with Crippen LogP contribution < -0.4 is 10.2 Å². The Hall–Kier alpha value is -4.07. The van der Waals surface area contributed by atoms with Crippen molar-refractivity contribution in [1.29, 1.82) is 0 Å². The lowest BCUT2D eigenvalue weighted by Crippen LogP contribution is -2.14. The van der Waals surface area contributed by atoms with Gasteiger partial charge in [0, 0.05) is 11.5 Å². The summed E-state index contributed by atoms with van der Waals surface area (Å²) < 4.78 is 26.0. The van der Waals surface area contributed by atoms with Crippen LogP contribution in [0.3, 0.4) is 0 Å². The molecule has 0 saturated heterocycles. The number of hydrogen-bond acceptors (Lipinski definition) is 8. The fourth-order valence-corrected chi connectivity index (χ4v) is 3.15. The van der Waals surface area contributed by atoms with Gasteiger partial charge in [0.1, 0.15) is 23.2 Å². The lowest BCUT2D eigenvalue weighted by Gasteiger charge is -2.07. The van der Waals surface area contributed by atoms with E-state index in [4.69, 9.17) is 18.3 Å². The van der Waals surface area contributed by atoms with Crippen LogP contribution in [0.4, 0.5) is 0 Å². The molecule has 0 radical (unpaired) electrons. The molecule has 0 fully saturated rings.